The fourth-order valence-corrected chi connectivity index (χ4v) is 2.47. The third-order valence-electron chi connectivity index (χ3n) is 3.63. The van der Waals surface area contributed by atoms with Crippen molar-refractivity contribution in [1.82, 2.24) is 0 Å². The van der Waals surface area contributed by atoms with Gasteiger partial charge < -0.3 is 9.84 Å². The highest BCUT2D eigenvalue weighted by atomic mass is 16.6. The number of carbonyl (C=O) groups excluding carboxylic acids is 1. The van der Waals surface area contributed by atoms with Gasteiger partial charge in [-0.15, -0.1) is 0 Å². The predicted molar refractivity (Wildman–Crippen MR) is 72.8 cm³/mol. The van der Waals surface area contributed by atoms with E-state index in [1.165, 1.54) is 32.1 Å². The Balaban J connectivity index is 2.23. The number of esters is 1. The fraction of sp³-hybridized carbons (Fsp3) is 0.733. The number of unbranched alkanes of at least 4 members (excludes halogenated alkanes) is 6. The van der Waals surface area contributed by atoms with E-state index in [4.69, 9.17) is 9.84 Å². The summed E-state index contributed by atoms with van der Waals surface area (Å²) in [5, 5.41) is 9.08. The molecule has 1 N–H and O–H groups in total. The van der Waals surface area contributed by atoms with Crippen molar-refractivity contribution in [2.45, 2.75) is 64.4 Å². The lowest BCUT2D eigenvalue weighted by Crippen LogP contribution is -2.24. The molecule has 1 heterocycles. The zero-order valence-corrected chi connectivity index (χ0v) is 11.7. The zero-order valence-electron chi connectivity index (χ0n) is 11.7. The van der Waals surface area contributed by atoms with Crippen LogP contribution in [0.1, 0.15) is 58.3 Å². The van der Waals surface area contributed by atoms with Crippen LogP contribution >= 0.6 is 0 Å². The number of aliphatic carboxylic acids is 1. The Morgan fingerprint density at radius 1 is 1.21 bits per heavy atom. The van der Waals surface area contributed by atoms with Gasteiger partial charge in [0.15, 0.2) is 0 Å². The second-order valence-corrected chi connectivity index (χ2v) is 5.19. The molecule has 0 spiro atoms. The van der Waals surface area contributed by atoms with Gasteiger partial charge in [0, 0.05) is 5.57 Å². The van der Waals surface area contributed by atoms with Crippen molar-refractivity contribution in [1.29, 1.82) is 0 Å². The molecule has 1 fully saturated rings. The summed E-state index contributed by atoms with van der Waals surface area (Å²) in [6, 6.07) is 0. The number of rotatable bonds is 9. The number of ether oxygens (including phenoxy) is 1. The predicted octanol–water partition coefficient (Wildman–Crippen LogP) is 3.31. The van der Waals surface area contributed by atoms with E-state index < -0.39 is 24.0 Å². The lowest BCUT2D eigenvalue weighted by atomic mass is 9.93. The average Bonchev–Trinajstić information content (AvgIpc) is 2.64. The number of carboxylic acids is 1. The van der Waals surface area contributed by atoms with E-state index in [1.54, 1.807) is 0 Å². The molecule has 0 amide bonds. The highest BCUT2D eigenvalue weighted by Gasteiger charge is 2.42. The highest BCUT2D eigenvalue weighted by Crippen LogP contribution is 2.30. The number of hydrogen-bond donors (Lipinski definition) is 1. The first-order chi connectivity index (χ1) is 9.07. The SMILES string of the molecule is C=C1C(=O)O[C@H](CCCCCCCCC)[C@H]1C(=O)O. The average molecular weight is 268 g/mol. The van der Waals surface area contributed by atoms with Crippen molar-refractivity contribution in [3.05, 3.63) is 12.2 Å². The first-order valence-corrected chi connectivity index (χ1v) is 7.20. The summed E-state index contributed by atoms with van der Waals surface area (Å²) in [4.78, 5) is 22.4. The van der Waals surface area contributed by atoms with Crippen molar-refractivity contribution in [3.8, 4) is 0 Å². The van der Waals surface area contributed by atoms with Gasteiger partial charge in [-0.2, -0.15) is 0 Å². The van der Waals surface area contributed by atoms with Gasteiger partial charge in [-0.05, 0) is 12.8 Å². The first kappa shape index (κ1) is 15.7. The molecule has 4 heteroatoms. The zero-order chi connectivity index (χ0) is 14.3. The smallest absolute Gasteiger partial charge is 0.334 e. The number of carboxylic acid groups (broad SMARTS) is 1. The van der Waals surface area contributed by atoms with Crippen LogP contribution in [0.3, 0.4) is 0 Å². The quantitative estimate of drug-likeness (QED) is 0.396. The maximum Gasteiger partial charge on any atom is 0.334 e. The van der Waals surface area contributed by atoms with E-state index in [-0.39, 0.29) is 5.57 Å². The summed E-state index contributed by atoms with van der Waals surface area (Å²) in [7, 11) is 0. The summed E-state index contributed by atoms with van der Waals surface area (Å²) in [5.74, 6) is -2.42. The van der Waals surface area contributed by atoms with Gasteiger partial charge >= 0.3 is 11.9 Å². The summed E-state index contributed by atoms with van der Waals surface area (Å²) >= 11 is 0. The summed E-state index contributed by atoms with van der Waals surface area (Å²) in [6.45, 7) is 5.70. The first-order valence-electron chi connectivity index (χ1n) is 7.20. The van der Waals surface area contributed by atoms with Crippen molar-refractivity contribution in [2.75, 3.05) is 0 Å². The molecule has 0 aromatic rings. The Labute approximate surface area is 114 Å². The van der Waals surface area contributed by atoms with Gasteiger partial charge in [-0.25, -0.2) is 4.79 Å². The molecule has 0 unspecified atom stereocenters. The molecule has 0 bridgehead atoms. The van der Waals surface area contributed by atoms with E-state index in [0.29, 0.717) is 6.42 Å². The van der Waals surface area contributed by atoms with Crippen LogP contribution in [0.2, 0.25) is 0 Å². The molecule has 108 valence electrons. The molecular formula is C15H24O4. The second kappa shape index (κ2) is 7.97. The van der Waals surface area contributed by atoms with Crippen molar-refractivity contribution < 1.29 is 19.4 Å². The standard InChI is InChI=1S/C15H24O4/c1-3-4-5-6-7-8-9-10-12-13(14(16)17)11(2)15(18)19-12/h12-13H,2-10H2,1H3,(H,16,17)/t12-,13+/m1/s1. The van der Waals surface area contributed by atoms with E-state index in [2.05, 4.69) is 13.5 Å². The molecule has 0 radical (unpaired) electrons. The molecule has 1 rings (SSSR count). The fourth-order valence-electron chi connectivity index (χ4n) is 2.47. The summed E-state index contributed by atoms with van der Waals surface area (Å²) < 4.78 is 5.07. The summed E-state index contributed by atoms with van der Waals surface area (Å²) in [5.41, 5.74) is 0.0837. The van der Waals surface area contributed by atoms with Crippen molar-refractivity contribution in [3.63, 3.8) is 0 Å². The van der Waals surface area contributed by atoms with E-state index in [9.17, 15) is 9.59 Å². The lowest BCUT2D eigenvalue weighted by molar-refractivity contribution is -0.144. The van der Waals surface area contributed by atoms with E-state index in [1.807, 2.05) is 0 Å². The number of cyclic esters (lactones) is 1. The highest BCUT2D eigenvalue weighted by molar-refractivity contribution is 5.97. The third kappa shape index (κ3) is 4.69. The molecular weight excluding hydrogens is 244 g/mol. The minimum atomic E-state index is -1.01. The van der Waals surface area contributed by atoms with E-state index in [0.717, 1.165) is 12.8 Å². The van der Waals surface area contributed by atoms with Gasteiger partial charge in [0.05, 0.1) is 0 Å². The van der Waals surface area contributed by atoms with Gasteiger partial charge in [-0.3, -0.25) is 4.79 Å². The monoisotopic (exact) mass is 268 g/mol. The minimum absolute atomic E-state index is 0.0837. The van der Waals surface area contributed by atoms with Crippen LogP contribution in [0.5, 0.6) is 0 Å². The van der Waals surface area contributed by atoms with Crippen LogP contribution < -0.4 is 0 Å². The van der Waals surface area contributed by atoms with Crippen LogP contribution in [0.15, 0.2) is 12.2 Å². The molecule has 0 aromatic heterocycles. The normalized spacial score (nSPS) is 22.6. The van der Waals surface area contributed by atoms with Crippen LogP contribution in [-0.4, -0.2) is 23.1 Å². The molecule has 2 atom stereocenters. The van der Waals surface area contributed by atoms with Gasteiger partial charge in [0.2, 0.25) is 0 Å². The van der Waals surface area contributed by atoms with E-state index >= 15 is 0 Å². The van der Waals surface area contributed by atoms with Crippen LogP contribution in [0, 0.1) is 5.92 Å². The lowest BCUT2D eigenvalue weighted by Gasteiger charge is -2.13. The van der Waals surface area contributed by atoms with Crippen molar-refractivity contribution in [2.24, 2.45) is 5.92 Å². The topological polar surface area (TPSA) is 63.6 Å². The minimum Gasteiger partial charge on any atom is -0.481 e. The molecule has 0 aliphatic carbocycles. The number of carbonyl (C=O) groups is 2. The maximum absolute atomic E-state index is 11.3. The molecule has 1 aliphatic heterocycles. The Morgan fingerprint density at radius 3 is 2.37 bits per heavy atom. The Kier molecular flexibility index (Phi) is 6.60. The molecule has 1 aliphatic rings. The Bertz CT molecular complexity index is 335. The Morgan fingerprint density at radius 2 is 1.79 bits per heavy atom. The Hall–Kier alpha value is -1.32. The van der Waals surface area contributed by atoms with Crippen molar-refractivity contribution >= 4 is 11.9 Å². The van der Waals surface area contributed by atoms with Gasteiger partial charge in [0.25, 0.3) is 0 Å². The van der Waals surface area contributed by atoms with Crippen LogP contribution in [0.25, 0.3) is 0 Å². The molecule has 0 saturated carbocycles. The molecule has 19 heavy (non-hydrogen) atoms. The molecule has 4 nitrogen and oxygen atoms in total. The number of hydrogen-bond acceptors (Lipinski definition) is 3. The molecule has 1 saturated heterocycles. The second-order valence-electron chi connectivity index (χ2n) is 5.19. The largest absolute Gasteiger partial charge is 0.481 e. The van der Waals surface area contributed by atoms with Gasteiger partial charge in [0.1, 0.15) is 12.0 Å². The van der Waals surface area contributed by atoms with Crippen LogP contribution in [0.4, 0.5) is 0 Å². The van der Waals surface area contributed by atoms with Crippen LogP contribution in [-0.2, 0) is 14.3 Å². The summed E-state index contributed by atoms with van der Waals surface area (Å²) in [6.07, 6.45) is 8.25. The maximum atomic E-state index is 11.3. The third-order valence-corrected chi connectivity index (χ3v) is 3.63. The molecule has 0 aromatic carbocycles. The van der Waals surface area contributed by atoms with Gasteiger partial charge in [-0.1, -0.05) is 52.0 Å².